The molecule has 1 aliphatic carbocycles. The van der Waals surface area contributed by atoms with E-state index in [0.29, 0.717) is 17.9 Å². The molecule has 37 heavy (non-hydrogen) atoms. The second-order valence-electron chi connectivity index (χ2n) is 10.2. The lowest BCUT2D eigenvalue weighted by atomic mass is 9.95. The van der Waals surface area contributed by atoms with Gasteiger partial charge >= 0.3 is 0 Å². The van der Waals surface area contributed by atoms with Gasteiger partial charge in [-0.15, -0.1) is 11.3 Å². The molecule has 1 atom stereocenters. The Morgan fingerprint density at radius 3 is 2.73 bits per heavy atom. The molecule has 0 unspecified atom stereocenters. The maximum atomic E-state index is 13.6. The number of ether oxygens (including phenoxy) is 1. The van der Waals surface area contributed by atoms with Gasteiger partial charge in [0, 0.05) is 32.6 Å². The maximum absolute atomic E-state index is 13.6. The molecule has 8 heteroatoms. The van der Waals surface area contributed by atoms with E-state index in [4.69, 9.17) is 16.3 Å². The number of thiophene rings is 1. The fourth-order valence-electron chi connectivity index (χ4n) is 4.98. The van der Waals surface area contributed by atoms with Crippen molar-refractivity contribution in [3.05, 3.63) is 81.8 Å². The molecule has 1 saturated carbocycles. The normalized spacial score (nSPS) is 20.4. The molecule has 1 amide bonds. The number of fused-ring (bicyclic) bond motifs is 1. The first kappa shape index (κ1) is 24.6. The minimum atomic E-state index is -0.424. The fourth-order valence-corrected chi connectivity index (χ4v) is 6.34. The van der Waals surface area contributed by atoms with Gasteiger partial charge in [-0.25, -0.2) is 0 Å². The van der Waals surface area contributed by atoms with Crippen LogP contribution in [0.5, 0.6) is 5.75 Å². The van der Waals surface area contributed by atoms with Crippen LogP contribution in [0.3, 0.4) is 0 Å². The van der Waals surface area contributed by atoms with Crippen molar-refractivity contribution in [1.82, 2.24) is 15.2 Å². The second-order valence-corrected chi connectivity index (χ2v) is 12.5. The average Bonchev–Trinajstić information content (AvgIpc) is 3.55. The summed E-state index contributed by atoms with van der Waals surface area (Å²) >= 11 is 7.83. The minimum Gasteiger partial charge on any atom is -0.492 e. The van der Waals surface area contributed by atoms with E-state index in [0.717, 1.165) is 63.3 Å². The molecule has 0 bridgehead atoms. The molecule has 1 N–H and O–H groups in total. The SMILES string of the molecule is Cc1ccc(OC[C@@]2([Si])CCN2C)cc1C(=O)NC1(c2cc(-c3cc(Cl)cs3)cc3ncccc23)CC1. The molecule has 5 nitrogen and oxygen atoms in total. The van der Waals surface area contributed by atoms with Crippen molar-refractivity contribution in [1.29, 1.82) is 0 Å². The number of amides is 1. The van der Waals surface area contributed by atoms with Crippen LogP contribution in [0.25, 0.3) is 21.3 Å². The lowest BCUT2D eigenvalue weighted by molar-refractivity contribution is 0.0408. The first-order valence-corrected chi connectivity index (χ1v) is 14.2. The van der Waals surface area contributed by atoms with Crippen LogP contribution in [0.2, 0.25) is 5.02 Å². The van der Waals surface area contributed by atoms with Crippen LogP contribution in [0.4, 0.5) is 0 Å². The van der Waals surface area contributed by atoms with E-state index in [1.807, 2.05) is 48.8 Å². The molecular weight excluding hydrogens is 518 g/mol. The van der Waals surface area contributed by atoms with Crippen LogP contribution < -0.4 is 10.1 Å². The summed E-state index contributed by atoms with van der Waals surface area (Å²) in [6.07, 6.45) is 4.60. The van der Waals surface area contributed by atoms with Crippen LogP contribution in [0.1, 0.15) is 40.7 Å². The van der Waals surface area contributed by atoms with Gasteiger partial charge in [-0.3, -0.25) is 9.78 Å². The predicted octanol–water partition coefficient (Wildman–Crippen LogP) is 5.92. The number of likely N-dealkylation sites (N-methyl/N-ethyl adjacent to an activating group) is 1. The Labute approximate surface area is 229 Å². The molecule has 2 aliphatic rings. The molecule has 3 radical (unpaired) electrons. The highest BCUT2D eigenvalue weighted by Gasteiger charge is 2.47. The summed E-state index contributed by atoms with van der Waals surface area (Å²) in [7, 11) is 5.91. The lowest BCUT2D eigenvalue weighted by Crippen LogP contribution is -2.61. The van der Waals surface area contributed by atoms with Gasteiger partial charge in [0.1, 0.15) is 12.4 Å². The highest BCUT2D eigenvalue weighted by molar-refractivity contribution is 7.14. The second kappa shape index (κ2) is 9.24. The van der Waals surface area contributed by atoms with Crippen molar-refractivity contribution in [3.63, 3.8) is 0 Å². The molecule has 2 aromatic heterocycles. The van der Waals surface area contributed by atoms with Gasteiger partial charge in [0.2, 0.25) is 0 Å². The summed E-state index contributed by atoms with van der Waals surface area (Å²) in [5, 5.41) is 6.97. The van der Waals surface area contributed by atoms with E-state index < -0.39 is 5.54 Å². The van der Waals surface area contributed by atoms with Crippen LogP contribution in [0.15, 0.2) is 60.1 Å². The van der Waals surface area contributed by atoms with Gasteiger partial charge in [-0.2, -0.15) is 0 Å². The number of halogens is 1. The zero-order valence-corrected chi connectivity index (χ0v) is 23.4. The number of nitrogens with one attached hydrogen (secondary N) is 1. The van der Waals surface area contributed by atoms with E-state index in [2.05, 4.69) is 50.7 Å². The van der Waals surface area contributed by atoms with E-state index in [1.54, 1.807) is 11.3 Å². The number of nitrogens with zero attached hydrogens (tertiary/aromatic N) is 2. The van der Waals surface area contributed by atoms with E-state index in [-0.39, 0.29) is 11.1 Å². The standard InChI is InChI=1S/C29H27ClN3O2SSi/c1-18-5-6-21(35-17-29(37)9-11-33(29)2)15-23(18)27(34)32-28(7-8-28)24-12-19(26-14-20(30)16-36-26)13-25-22(24)4-3-10-31-25/h3-6,10,12-16H,7-9,11,17H2,1-2H3,(H,32,34)/t29-/m0/s1. The number of carbonyl (C=O) groups excluding carboxylic acids is 1. The van der Waals surface area contributed by atoms with Crippen LogP contribution in [-0.2, 0) is 5.54 Å². The number of hydrogen-bond donors (Lipinski definition) is 1. The highest BCUT2D eigenvalue weighted by Crippen LogP contribution is 2.49. The van der Waals surface area contributed by atoms with Gasteiger partial charge in [-0.05, 0) is 92.9 Å². The van der Waals surface area contributed by atoms with Gasteiger partial charge in [0.05, 0.1) is 26.3 Å². The average molecular weight is 545 g/mol. The Kier molecular flexibility index (Phi) is 6.15. The third-order valence-electron chi connectivity index (χ3n) is 7.71. The third-order valence-corrected chi connectivity index (χ3v) is 9.82. The Bertz CT molecular complexity index is 1520. The Morgan fingerprint density at radius 1 is 1.22 bits per heavy atom. The molecule has 0 spiro atoms. The topological polar surface area (TPSA) is 54.5 Å². The number of aryl methyl sites for hydroxylation is 1. The van der Waals surface area contributed by atoms with Crippen LogP contribution >= 0.6 is 22.9 Å². The van der Waals surface area contributed by atoms with Crippen molar-refractivity contribution >= 4 is 50.0 Å². The maximum Gasteiger partial charge on any atom is 0.252 e. The van der Waals surface area contributed by atoms with Gasteiger partial charge in [0.15, 0.2) is 0 Å². The predicted molar refractivity (Wildman–Crippen MR) is 151 cm³/mol. The summed E-state index contributed by atoms with van der Waals surface area (Å²) in [6.45, 7) is 3.53. The minimum absolute atomic E-state index is 0.0871. The molecule has 3 heterocycles. The Morgan fingerprint density at radius 2 is 2.05 bits per heavy atom. The number of carbonyl (C=O) groups is 1. The molecule has 6 rings (SSSR count). The van der Waals surface area contributed by atoms with Crippen molar-refractivity contribution in [2.24, 2.45) is 0 Å². The smallest absolute Gasteiger partial charge is 0.252 e. The van der Waals surface area contributed by atoms with E-state index in [9.17, 15) is 4.79 Å². The van der Waals surface area contributed by atoms with Crippen molar-refractivity contribution in [2.45, 2.75) is 36.9 Å². The Hall–Kier alpha value is -2.71. The molecule has 2 aromatic carbocycles. The van der Waals surface area contributed by atoms with Gasteiger partial charge in [-0.1, -0.05) is 23.7 Å². The summed E-state index contributed by atoms with van der Waals surface area (Å²) in [4.78, 5) is 21.6. The molecule has 2 fully saturated rings. The zero-order valence-electron chi connectivity index (χ0n) is 20.8. The van der Waals surface area contributed by atoms with Gasteiger partial charge < -0.3 is 15.0 Å². The number of likely N-dealkylation sites (tertiary alicyclic amines) is 1. The monoisotopic (exact) mass is 544 g/mol. The van der Waals surface area contributed by atoms with Gasteiger partial charge in [0.25, 0.3) is 5.91 Å². The number of pyridine rings is 1. The summed E-state index contributed by atoms with van der Waals surface area (Å²) in [5.74, 6) is 0.612. The van der Waals surface area contributed by atoms with Crippen molar-refractivity contribution in [2.75, 3.05) is 20.2 Å². The number of aromatic nitrogens is 1. The first-order valence-electron chi connectivity index (χ1n) is 12.4. The quantitative estimate of drug-likeness (QED) is 0.293. The summed E-state index contributed by atoms with van der Waals surface area (Å²) in [5.41, 5.74) is 4.21. The van der Waals surface area contributed by atoms with Crippen molar-refractivity contribution in [3.8, 4) is 16.2 Å². The number of hydrogen-bond acceptors (Lipinski definition) is 5. The molecule has 4 aromatic rings. The Balaban J connectivity index is 1.29. The van der Waals surface area contributed by atoms with E-state index >= 15 is 0 Å². The highest BCUT2D eigenvalue weighted by atomic mass is 35.5. The molecule has 1 saturated heterocycles. The zero-order chi connectivity index (χ0) is 25.8. The fraction of sp³-hybridized carbons (Fsp3) is 0.310. The third kappa shape index (κ3) is 4.59. The van der Waals surface area contributed by atoms with Crippen LogP contribution in [0, 0.1) is 6.92 Å². The molecule has 187 valence electrons. The number of benzene rings is 2. The van der Waals surface area contributed by atoms with Crippen molar-refractivity contribution < 1.29 is 9.53 Å². The van der Waals surface area contributed by atoms with Crippen LogP contribution in [-0.4, -0.2) is 51.4 Å². The summed E-state index contributed by atoms with van der Waals surface area (Å²) in [6, 6.07) is 16.0. The lowest BCUT2D eigenvalue weighted by Gasteiger charge is -2.48. The largest absolute Gasteiger partial charge is 0.492 e. The summed E-state index contributed by atoms with van der Waals surface area (Å²) < 4.78 is 6.10. The number of rotatable bonds is 7. The molecule has 1 aliphatic heterocycles. The first-order chi connectivity index (χ1) is 17.8. The molecular formula is C29H27ClN3O2SSi. The van der Waals surface area contributed by atoms with E-state index in [1.165, 1.54) is 0 Å².